The number of anilines is 1. The van der Waals surface area contributed by atoms with E-state index in [2.05, 4.69) is 4.98 Å². The summed E-state index contributed by atoms with van der Waals surface area (Å²) in [5.74, 6) is 0.769. The molecule has 5 nitrogen and oxygen atoms in total. The molecule has 0 unspecified atom stereocenters. The van der Waals surface area contributed by atoms with Crippen molar-refractivity contribution in [2.75, 3.05) is 18.0 Å². The third kappa shape index (κ3) is 4.00. The van der Waals surface area contributed by atoms with Crippen molar-refractivity contribution in [3.8, 4) is 0 Å². The molecule has 1 rings (SSSR count). The van der Waals surface area contributed by atoms with Crippen molar-refractivity contribution >= 4 is 11.7 Å². The standard InChI is InChI=1S/C13H22N4O/c1-5-17(8-13(3,4)18)11-7-10(12(14)15)6-9(2)16-11/h6-7,18H,5,8H2,1-4H3,(H3,14,15). The minimum absolute atomic E-state index is 0.0288. The summed E-state index contributed by atoms with van der Waals surface area (Å²) >= 11 is 0. The SMILES string of the molecule is CCN(CC(C)(C)O)c1cc(C(=N)N)cc(C)n1. The molecule has 5 heteroatoms. The van der Waals surface area contributed by atoms with Gasteiger partial charge in [-0.05, 0) is 39.8 Å². The van der Waals surface area contributed by atoms with Crippen LogP contribution in [0, 0.1) is 12.3 Å². The summed E-state index contributed by atoms with van der Waals surface area (Å²) in [5, 5.41) is 17.4. The van der Waals surface area contributed by atoms with E-state index in [-0.39, 0.29) is 5.84 Å². The van der Waals surface area contributed by atoms with E-state index in [1.807, 2.05) is 18.7 Å². The van der Waals surface area contributed by atoms with Gasteiger partial charge < -0.3 is 15.7 Å². The Balaban J connectivity index is 3.09. The van der Waals surface area contributed by atoms with Crippen LogP contribution in [-0.4, -0.2) is 34.6 Å². The Bertz CT molecular complexity index is 437. The van der Waals surface area contributed by atoms with E-state index in [0.717, 1.165) is 18.1 Å². The number of nitrogens with one attached hydrogen (secondary N) is 1. The largest absolute Gasteiger partial charge is 0.389 e. The Kier molecular flexibility index (Phi) is 4.29. The van der Waals surface area contributed by atoms with Crippen LogP contribution in [-0.2, 0) is 0 Å². The van der Waals surface area contributed by atoms with E-state index in [0.29, 0.717) is 12.1 Å². The number of hydrogen-bond acceptors (Lipinski definition) is 4. The fraction of sp³-hybridized carbons (Fsp3) is 0.538. The third-order valence-electron chi connectivity index (χ3n) is 2.53. The highest BCUT2D eigenvalue weighted by Gasteiger charge is 2.19. The Morgan fingerprint density at radius 3 is 2.56 bits per heavy atom. The normalized spacial score (nSPS) is 11.4. The minimum Gasteiger partial charge on any atom is -0.389 e. The zero-order valence-electron chi connectivity index (χ0n) is 11.5. The second kappa shape index (κ2) is 5.35. The summed E-state index contributed by atoms with van der Waals surface area (Å²) in [6.07, 6.45) is 0. The van der Waals surface area contributed by atoms with Gasteiger partial charge in [-0.25, -0.2) is 4.98 Å². The van der Waals surface area contributed by atoms with Gasteiger partial charge in [-0.2, -0.15) is 0 Å². The van der Waals surface area contributed by atoms with Crippen molar-refractivity contribution in [2.24, 2.45) is 5.73 Å². The van der Waals surface area contributed by atoms with Crippen LogP contribution in [0.4, 0.5) is 5.82 Å². The molecule has 0 aliphatic carbocycles. The number of amidine groups is 1. The number of likely N-dealkylation sites (N-methyl/N-ethyl adjacent to an activating group) is 1. The second-order valence-corrected chi connectivity index (χ2v) is 5.10. The molecule has 1 heterocycles. The van der Waals surface area contributed by atoms with Crippen molar-refractivity contribution in [1.29, 1.82) is 5.41 Å². The number of pyridine rings is 1. The fourth-order valence-corrected chi connectivity index (χ4v) is 1.79. The molecule has 18 heavy (non-hydrogen) atoms. The molecular formula is C13H22N4O. The zero-order chi connectivity index (χ0) is 13.9. The number of rotatable bonds is 5. The molecule has 0 saturated carbocycles. The third-order valence-corrected chi connectivity index (χ3v) is 2.53. The highest BCUT2D eigenvalue weighted by molar-refractivity contribution is 5.95. The van der Waals surface area contributed by atoms with Crippen LogP contribution in [0.3, 0.4) is 0 Å². The molecule has 0 spiro atoms. The van der Waals surface area contributed by atoms with E-state index in [4.69, 9.17) is 11.1 Å². The lowest BCUT2D eigenvalue weighted by Crippen LogP contribution is -2.39. The van der Waals surface area contributed by atoms with Crippen LogP contribution in [0.2, 0.25) is 0 Å². The molecule has 0 aliphatic heterocycles. The first kappa shape index (κ1) is 14.4. The van der Waals surface area contributed by atoms with E-state index in [9.17, 15) is 5.11 Å². The first-order valence-electron chi connectivity index (χ1n) is 6.03. The predicted molar refractivity (Wildman–Crippen MR) is 74.2 cm³/mol. The van der Waals surface area contributed by atoms with Gasteiger partial charge in [0.25, 0.3) is 0 Å². The average molecular weight is 250 g/mol. The highest BCUT2D eigenvalue weighted by Crippen LogP contribution is 2.17. The Hall–Kier alpha value is -1.62. The summed E-state index contributed by atoms with van der Waals surface area (Å²) in [6.45, 7) is 8.61. The number of aromatic nitrogens is 1. The van der Waals surface area contributed by atoms with Crippen molar-refractivity contribution in [3.63, 3.8) is 0 Å². The Morgan fingerprint density at radius 1 is 1.50 bits per heavy atom. The van der Waals surface area contributed by atoms with Gasteiger partial charge in [-0.1, -0.05) is 0 Å². The van der Waals surface area contributed by atoms with Crippen LogP contribution in [0.1, 0.15) is 32.0 Å². The topological polar surface area (TPSA) is 86.2 Å². The molecule has 4 N–H and O–H groups in total. The van der Waals surface area contributed by atoms with Gasteiger partial charge in [0.1, 0.15) is 11.7 Å². The van der Waals surface area contributed by atoms with Gasteiger partial charge in [0.2, 0.25) is 0 Å². The number of aliphatic hydroxyl groups is 1. The van der Waals surface area contributed by atoms with Gasteiger partial charge in [0.05, 0.1) is 5.60 Å². The molecule has 1 aromatic heterocycles. The molecule has 0 radical (unpaired) electrons. The molecule has 0 amide bonds. The Labute approximate surface area is 108 Å². The Morgan fingerprint density at radius 2 is 2.11 bits per heavy atom. The molecule has 1 aromatic rings. The molecule has 0 aliphatic rings. The van der Waals surface area contributed by atoms with Crippen molar-refractivity contribution in [2.45, 2.75) is 33.3 Å². The molecule has 0 saturated heterocycles. The second-order valence-electron chi connectivity index (χ2n) is 5.10. The molecule has 0 fully saturated rings. The van der Waals surface area contributed by atoms with Crippen molar-refractivity contribution in [3.05, 3.63) is 23.4 Å². The molecule has 100 valence electrons. The quantitative estimate of drug-likeness (QED) is 0.542. The number of nitrogens with two attached hydrogens (primary N) is 1. The van der Waals surface area contributed by atoms with Gasteiger partial charge >= 0.3 is 0 Å². The number of aryl methyl sites for hydroxylation is 1. The maximum atomic E-state index is 9.89. The summed E-state index contributed by atoms with van der Waals surface area (Å²) in [4.78, 5) is 6.41. The molecule has 0 atom stereocenters. The van der Waals surface area contributed by atoms with Crippen LogP contribution in [0.15, 0.2) is 12.1 Å². The van der Waals surface area contributed by atoms with Gasteiger partial charge in [0, 0.05) is 24.3 Å². The maximum Gasteiger partial charge on any atom is 0.129 e. The zero-order valence-corrected chi connectivity index (χ0v) is 11.5. The number of hydrogen-bond donors (Lipinski definition) is 3. The average Bonchev–Trinajstić information content (AvgIpc) is 2.23. The van der Waals surface area contributed by atoms with E-state index >= 15 is 0 Å². The van der Waals surface area contributed by atoms with Gasteiger partial charge in [-0.3, -0.25) is 5.41 Å². The van der Waals surface area contributed by atoms with Crippen LogP contribution in [0.5, 0.6) is 0 Å². The highest BCUT2D eigenvalue weighted by atomic mass is 16.3. The summed E-state index contributed by atoms with van der Waals surface area (Å²) < 4.78 is 0. The van der Waals surface area contributed by atoms with E-state index in [1.165, 1.54) is 0 Å². The molecular weight excluding hydrogens is 228 g/mol. The van der Waals surface area contributed by atoms with Crippen LogP contribution < -0.4 is 10.6 Å². The lowest BCUT2D eigenvalue weighted by molar-refractivity contribution is 0.0874. The van der Waals surface area contributed by atoms with E-state index in [1.54, 1.807) is 26.0 Å². The number of nitrogen functional groups attached to an aromatic ring is 1. The maximum absolute atomic E-state index is 9.89. The van der Waals surface area contributed by atoms with Gasteiger partial charge in [-0.15, -0.1) is 0 Å². The first-order valence-corrected chi connectivity index (χ1v) is 6.03. The fourth-order valence-electron chi connectivity index (χ4n) is 1.79. The molecule has 0 aromatic carbocycles. The lowest BCUT2D eigenvalue weighted by Gasteiger charge is -2.29. The van der Waals surface area contributed by atoms with Gasteiger partial charge in [0.15, 0.2) is 0 Å². The monoisotopic (exact) mass is 250 g/mol. The smallest absolute Gasteiger partial charge is 0.129 e. The molecule has 0 bridgehead atoms. The predicted octanol–water partition coefficient (Wildman–Crippen LogP) is 1.27. The first-order chi connectivity index (χ1) is 8.23. The van der Waals surface area contributed by atoms with E-state index < -0.39 is 5.60 Å². The van der Waals surface area contributed by atoms with Crippen LogP contribution >= 0.6 is 0 Å². The number of nitrogens with zero attached hydrogens (tertiary/aromatic N) is 2. The summed E-state index contributed by atoms with van der Waals surface area (Å²) in [6, 6.07) is 3.56. The lowest BCUT2D eigenvalue weighted by atomic mass is 10.1. The van der Waals surface area contributed by atoms with Crippen molar-refractivity contribution in [1.82, 2.24) is 4.98 Å². The van der Waals surface area contributed by atoms with Crippen LogP contribution in [0.25, 0.3) is 0 Å². The minimum atomic E-state index is -0.794. The summed E-state index contributed by atoms with van der Waals surface area (Å²) in [5.41, 5.74) is 6.19. The summed E-state index contributed by atoms with van der Waals surface area (Å²) in [7, 11) is 0. The van der Waals surface area contributed by atoms with Crippen molar-refractivity contribution < 1.29 is 5.11 Å².